The van der Waals surface area contributed by atoms with Crippen molar-refractivity contribution in [2.24, 2.45) is 0 Å². The molecule has 0 atom stereocenters. The van der Waals surface area contributed by atoms with E-state index in [9.17, 15) is 22.4 Å². The summed E-state index contributed by atoms with van der Waals surface area (Å²) in [5.74, 6) is -0.392. The molecule has 2 heterocycles. The van der Waals surface area contributed by atoms with E-state index in [4.69, 9.17) is 4.74 Å². The number of rotatable bonds is 4. The number of carbonyl (C=O) groups excluding carboxylic acids is 1. The molecule has 4 rings (SSSR count). The smallest absolute Gasteiger partial charge is 0.381 e. The van der Waals surface area contributed by atoms with Crippen LogP contribution < -0.4 is 0 Å². The fourth-order valence-corrected chi connectivity index (χ4v) is 4.82. The van der Waals surface area contributed by atoms with Gasteiger partial charge in [0.05, 0.1) is 11.0 Å². The number of hydrogen-bond donors (Lipinski definition) is 0. The van der Waals surface area contributed by atoms with Crippen LogP contribution in [0.15, 0.2) is 48.5 Å². The van der Waals surface area contributed by atoms with E-state index >= 15 is 0 Å². The molecule has 2 aromatic rings. The van der Waals surface area contributed by atoms with Gasteiger partial charge in [-0.25, -0.2) is 4.39 Å². The minimum atomic E-state index is -4.46. The number of nitrogens with zero attached hydrogens (tertiary/aromatic N) is 2. The molecule has 0 radical (unpaired) electrons. The molecular formula is C25H28F4N2O2. The van der Waals surface area contributed by atoms with Gasteiger partial charge in [-0.1, -0.05) is 30.3 Å². The molecule has 0 N–H and O–H groups in total. The molecule has 0 saturated carbocycles. The maximum atomic E-state index is 13.8. The number of halogens is 4. The minimum absolute atomic E-state index is 0.117. The maximum absolute atomic E-state index is 13.8. The van der Waals surface area contributed by atoms with Crippen LogP contribution in [-0.4, -0.2) is 55.1 Å². The normalized spacial score (nSPS) is 19.8. The largest absolute Gasteiger partial charge is 0.416 e. The Morgan fingerprint density at radius 1 is 0.970 bits per heavy atom. The molecule has 0 aliphatic carbocycles. The molecular weight excluding hydrogens is 436 g/mol. The van der Waals surface area contributed by atoms with E-state index < -0.39 is 17.2 Å². The summed E-state index contributed by atoms with van der Waals surface area (Å²) < 4.78 is 58.8. The van der Waals surface area contributed by atoms with Gasteiger partial charge in [-0.15, -0.1) is 0 Å². The van der Waals surface area contributed by atoms with Crippen molar-refractivity contribution in [1.82, 2.24) is 9.80 Å². The van der Waals surface area contributed by atoms with E-state index in [2.05, 4.69) is 4.90 Å². The molecule has 0 spiro atoms. The van der Waals surface area contributed by atoms with E-state index in [1.54, 1.807) is 23.1 Å². The molecule has 0 unspecified atom stereocenters. The third kappa shape index (κ3) is 5.38. The van der Waals surface area contributed by atoms with Crippen molar-refractivity contribution in [3.05, 3.63) is 71.0 Å². The predicted molar refractivity (Wildman–Crippen MR) is 116 cm³/mol. The van der Waals surface area contributed by atoms with Crippen molar-refractivity contribution in [1.29, 1.82) is 0 Å². The van der Waals surface area contributed by atoms with Crippen LogP contribution in [0.4, 0.5) is 17.6 Å². The molecule has 4 nitrogen and oxygen atoms in total. The third-order valence-electron chi connectivity index (χ3n) is 6.69. The fraction of sp³-hybridized carbons (Fsp3) is 0.480. The maximum Gasteiger partial charge on any atom is 0.416 e. The summed E-state index contributed by atoms with van der Waals surface area (Å²) in [6.07, 6.45) is -2.97. The average Bonchev–Trinajstić information content (AvgIpc) is 3.05. The molecule has 0 aromatic heterocycles. The highest BCUT2D eigenvalue weighted by Gasteiger charge is 2.45. The van der Waals surface area contributed by atoms with Crippen LogP contribution in [0.3, 0.4) is 0 Å². The van der Waals surface area contributed by atoms with Crippen molar-refractivity contribution in [3.8, 4) is 0 Å². The Hall–Kier alpha value is -2.45. The molecule has 178 valence electrons. The molecule has 2 aliphatic heterocycles. The summed E-state index contributed by atoms with van der Waals surface area (Å²) in [6.45, 7) is 3.84. The van der Waals surface area contributed by atoms with Gasteiger partial charge in [0.15, 0.2) is 0 Å². The van der Waals surface area contributed by atoms with Crippen molar-refractivity contribution >= 4 is 5.91 Å². The number of carbonyl (C=O) groups is 1. The molecule has 8 heteroatoms. The van der Waals surface area contributed by atoms with E-state index in [1.165, 1.54) is 18.2 Å². The second-order valence-electron chi connectivity index (χ2n) is 8.82. The Balaban J connectivity index is 1.52. The number of hydrogen-bond acceptors (Lipinski definition) is 3. The first-order valence-corrected chi connectivity index (χ1v) is 11.3. The molecule has 33 heavy (non-hydrogen) atoms. The summed E-state index contributed by atoms with van der Waals surface area (Å²) in [4.78, 5) is 17.8. The molecule has 0 bridgehead atoms. The molecule has 2 aromatic carbocycles. The fourth-order valence-electron chi connectivity index (χ4n) is 4.82. The standard InChI is InChI=1S/C25H28F4N2O2/c26-22-7-5-19(6-8-22)18-30-11-2-12-31(14-13-30)23(32)24(9-15-33-16-10-24)20-3-1-4-21(17-20)25(27,28)29/h1,3-8,17H,2,9-16,18H2. The van der Waals surface area contributed by atoms with Crippen LogP contribution in [0.1, 0.15) is 36.0 Å². The Kier molecular flexibility index (Phi) is 7.05. The Morgan fingerprint density at radius 2 is 1.70 bits per heavy atom. The van der Waals surface area contributed by atoms with Gasteiger partial charge in [0.1, 0.15) is 5.82 Å². The molecule has 2 aliphatic rings. The number of alkyl halides is 3. The van der Waals surface area contributed by atoms with Crippen LogP contribution in [0.25, 0.3) is 0 Å². The van der Waals surface area contributed by atoms with Crippen LogP contribution in [0.2, 0.25) is 0 Å². The lowest BCUT2D eigenvalue weighted by molar-refractivity contribution is -0.142. The van der Waals surface area contributed by atoms with E-state index in [1.807, 2.05) is 0 Å². The van der Waals surface area contributed by atoms with Gasteiger partial charge >= 0.3 is 6.18 Å². The monoisotopic (exact) mass is 464 g/mol. The topological polar surface area (TPSA) is 32.8 Å². The first kappa shape index (κ1) is 23.7. The van der Waals surface area contributed by atoms with Crippen molar-refractivity contribution in [2.45, 2.75) is 37.4 Å². The van der Waals surface area contributed by atoms with Gasteiger partial charge in [-0.3, -0.25) is 9.69 Å². The molecule has 2 fully saturated rings. The second-order valence-corrected chi connectivity index (χ2v) is 8.82. The first-order valence-electron chi connectivity index (χ1n) is 11.3. The predicted octanol–water partition coefficient (Wildman–Crippen LogP) is 4.63. The SMILES string of the molecule is O=C(N1CCCN(Cc2ccc(F)cc2)CC1)C1(c2cccc(C(F)(F)F)c2)CCOCC1. The van der Waals surface area contributed by atoms with Crippen molar-refractivity contribution in [3.63, 3.8) is 0 Å². The Morgan fingerprint density at radius 3 is 2.39 bits per heavy atom. The van der Waals surface area contributed by atoms with E-state index in [0.717, 1.165) is 30.7 Å². The van der Waals surface area contributed by atoms with Gasteiger partial charge in [-0.05, 0) is 48.6 Å². The Labute approximate surface area is 191 Å². The molecule has 1 amide bonds. The second kappa shape index (κ2) is 9.81. The van der Waals surface area contributed by atoms with E-state index in [0.29, 0.717) is 57.8 Å². The van der Waals surface area contributed by atoms with Crippen LogP contribution in [0, 0.1) is 5.82 Å². The van der Waals surface area contributed by atoms with Gasteiger partial charge in [0.2, 0.25) is 5.91 Å². The van der Waals surface area contributed by atoms with Crippen LogP contribution in [-0.2, 0) is 27.7 Å². The summed E-state index contributed by atoms with van der Waals surface area (Å²) in [6, 6.07) is 11.6. The molecule has 2 saturated heterocycles. The lowest BCUT2D eigenvalue weighted by Crippen LogP contribution is -2.51. The Bertz CT molecular complexity index is 956. The minimum Gasteiger partial charge on any atom is -0.381 e. The average molecular weight is 465 g/mol. The van der Waals surface area contributed by atoms with Gasteiger partial charge in [0, 0.05) is 45.9 Å². The zero-order valence-corrected chi connectivity index (χ0v) is 18.4. The highest BCUT2D eigenvalue weighted by atomic mass is 19.4. The zero-order chi connectivity index (χ0) is 23.5. The van der Waals surface area contributed by atoms with Crippen LogP contribution >= 0.6 is 0 Å². The number of amides is 1. The van der Waals surface area contributed by atoms with Gasteiger partial charge < -0.3 is 9.64 Å². The summed E-state index contributed by atoms with van der Waals surface area (Å²) >= 11 is 0. The zero-order valence-electron chi connectivity index (χ0n) is 18.4. The summed E-state index contributed by atoms with van der Waals surface area (Å²) in [5, 5.41) is 0. The highest BCUT2D eigenvalue weighted by molar-refractivity contribution is 5.88. The summed E-state index contributed by atoms with van der Waals surface area (Å²) in [5.41, 5.74) is -0.329. The van der Waals surface area contributed by atoms with Crippen molar-refractivity contribution < 1.29 is 27.1 Å². The van der Waals surface area contributed by atoms with Crippen molar-refractivity contribution in [2.75, 3.05) is 39.4 Å². The lowest BCUT2D eigenvalue weighted by atomic mass is 9.72. The van der Waals surface area contributed by atoms with Gasteiger partial charge in [-0.2, -0.15) is 13.2 Å². The quantitative estimate of drug-likeness (QED) is 0.619. The lowest BCUT2D eigenvalue weighted by Gasteiger charge is -2.40. The summed E-state index contributed by atoms with van der Waals surface area (Å²) in [7, 11) is 0. The number of benzene rings is 2. The first-order chi connectivity index (χ1) is 15.8. The highest BCUT2D eigenvalue weighted by Crippen LogP contribution is 2.39. The number of ether oxygens (including phenoxy) is 1. The third-order valence-corrected chi connectivity index (χ3v) is 6.69. The van der Waals surface area contributed by atoms with Gasteiger partial charge in [0.25, 0.3) is 0 Å². The van der Waals surface area contributed by atoms with Crippen LogP contribution in [0.5, 0.6) is 0 Å². The van der Waals surface area contributed by atoms with E-state index in [-0.39, 0.29) is 11.7 Å².